The molecule has 54 valence electrons. The molecule has 1 saturated carbocycles. The Morgan fingerprint density at radius 1 is 1.44 bits per heavy atom. The van der Waals surface area contributed by atoms with Crippen molar-refractivity contribution in [2.75, 3.05) is 0 Å². The minimum Gasteiger partial charge on any atom is -0.0856 e. The van der Waals surface area contributed by atoms with Crippen LogP contribution in [-0.2, 0) is 0 Å². The zero-order valence-electron chi connectivity index (χ0n) is 6.66. The lowest BCUT2D eigenvalue weighted by atomic mass is 10.5. The maximum Gasteiger partial charge on any atom is 0.0489 e. The maximum atomic E-state index is 3.72. The van der Waals surface area contributed by atoms with E-state index in [0.717, 1.165) is 5.54 Å². The molecule has 0 saturated heterocycles. The minimum absolute atomic E-state index is 0.525. The summed E-state index contributed by atoms with van der Waals surface area (Å²) < 4.78 is 0.525. The molecule has 0 radical (unpaired) electrons. The first-order valence-electron chi connectivity index (χ1n) is 3.53. The van der Waals surface area contributed by atoms with Gasteiger partial charge in [0, 0.05) is 12.4 Å². The zero-order valence-corrected chi connectivity index (χ0v) is 9.25. The summed E-state index contributed by atoms with van der Waals surface area (Å²) in [5, 5.41) is 0. The quantitative estimate of drug-likeness (QED) is 0.457. The Morgan fingerprint density at radius 2 is 1.78 bits per heavy atom. The minimum atomic E-state index is -0.806. The van der Waals surface area contributed by atoms with Crippen molar-refractivity contribution in [1.82, 2.24) is 0 Å². The lowest BCUT2D eigenvalue weighted by Crippen LogP contribution is -2.22. The molecule has 1 aliphatic rings. The second-order valence-corrected chi connectivity index (χ2v) is 11.6. The molecule has 1 rings (SSSR count). The summed E-state index contributed by atoms with van der Waals surface area (Å²) in [4.78, 5) is 0. The smallest absolute Gasteiger partial charge is 0.0489 e. The molecule has 0 bridgehead atoms. The van der Waals surface area contributed by atoms with Crippen LogP contribution in [-0.4, -0.2) is 12.4 Å². The van der Waals surface area contributed by atoms with Crippen molar-refractivity contribution in [1.29, 1.82) is 0 Å². The fraction of sp³-hybridized carbons (Fsp3) is 1.00. The first kappa shape index (κ1) is 7.80. The van der Waals surface area contributed by atoms with Gasteiger partial charge in [-0.1, -0.05) is 35.6 Å². The average Bonchev–Trinajstić information content (AvgIpc) is 2.10. The molecule has 0 aromatic rings. The van der Waals surface area contributed by atoms with Crippen molar-refractivity contribution in [2.45, 2.75) is 42.9 Å². The molecule has 0 heterocycles. The van der Waals surface area contributed by atoms with E-state index < -0.39 is 8.07 Å². The highest BCUT2D eigenvalue weighted by molar-refractivity contribution is 9.10. The molecule has 9 heavy (non-hydrogen) atoms. The van der Waals surface area contributed by atoms with Gasteiger partial charge in [0.05, 0.1) is 0 Å². The van der Waals surface area contributed by atoms with Gasteiger partial charge in [-0.05, 0) is 18.9 Å². The predicted molar refractivity (Wildman–Crippen MR) is 49.0 cm³/mol. The summed E-state index contributed by atoms with van der Waals surface area (Å²) in [5.74, 6) is 0. The van der Waals surface area contributed by atoms with E-state index in [1.54, 1.807) is 0 Å². The first-order valence-corrected chi connectivity index (χ1v) is 7.90. The Hall–Kier alpha value is 0.697. The van der Waals surface area contributed by atoms with Crippen LogP contribution in [0.3, 0.4) is 0 Å². The fourth-order valence-electron chi connectivity index (χ4n) is 1.55. The molecule has 0 spiro atoms. The van der Waals surface area contributed by atoms with Crippen LogP contribution in [0.15, 0.2) is 0 Å². The molecule has 0 aliphatic heterocycles. The fourth-order valence-corrected chi connectivity index (χ4v) is 7.07. The zero-order chi connectivity index (χ0) is 7.28. The SMILES string of the molecule is CC1(Br)CC1[Si](C)(C)C. The molecule has 2 unspecified atom stereocenters. The van der Waals surface area contributed by atoms with Crippen molar-refractivity contribution < 1.29 is 0 Å². The monoisotopic (exact) mass is 206 g/mol. The Labute approximate surface area is 67.2 Å². The molecule has 0 amide bonds. The maximum absolute atomic E-state index is 3.72. The van der Waals surface area contributed by atoms with Crippen molar-refractivity contribution in [3.8, 4) is 0 Å². The van der Waals surface area contributed by atoms with Crippen LogP contribution in [0.5, 0.6) is 0 Å². The molecule has 2 heteroatoms. The molecular weight excluding hydrogens is 192 g/mol. The molecule has 0 N–H and O–H groups in total. The van der Waals surface area contributed by atoms with E-state index in [-0.39, 0.29) is 0 Å². The number of alkyl halides is 1. The summed E-state index contributed by atoms with van der Waals surface area (Å²) in [6, 6.07) is 0. The highest BCUT2D eigenvalue weighted by atomic mass is 79.9. The van der Waals surface area contributed by atoms with E-state index >= 15 is 0 Å². The van der Waals surface area contributed by atoms with Crippen LogP contribution >= 0.6 is 15.9 Å². The van der Waals surface area contributed by atoms with Gasteiger partial charge in [0.25, 0.3) is 0 Å². The van der Waals surface area contributed by atoms with Gasteiger partial charge in [-0.25, -0.2) is 0 Å². The van der Waals surface area contributed by atoms with Crippen LogP contribution in [0.2, 0.25) is 25.2 Å². The van der Waals surface area contributed by atoms with E-state index in [9.17, 15) is 0 Å². The van der Waals surface area contributed by atoms with Crippen LogP contribution in [0.4, 0.5) is 0 Å². The predicted octanol–water partition coefficient (Wildman–Crippen LogP) is 3.25. The van der Waals surface area contributed by atoms with Crippen molar-refractivity contribution in [2.24, 2.45) is 0 Å². The van der Waals surface area contributed by atoms with Gasteiger partial charge >= 0.3 is 0 Å². The molecule has 0 aromatic carbocycles. The lowest BCUT2D eigenvalue weighted by molar-refractivity contribution is 1.06. The summed E-state index contributed by atoms with van der Waals surface area (Å²) in [5.41, 5.74) is 1.02. The van der Waals surface area contributed by atoms with Gasteiger partial charge in [-0.15, -0.1) is 0 Å². The van der Waals surface area contributed by atoms with Crippen molar-refractivity contribution in [3.05, 3.63) is 0 Å². The third kappa shape index (κ3) is 1.58. The van der Waals surface area contributed by atoms with Crippen LogP contribution in [0, 0.1) is 0 Å². The molecule has 0 aromatic heterocycles. The normalized spacial score (nSPS) is 43.0. The van der Waals surface area contributed by atoms with E-state index in [1.165, 1.54) is 6.42 Å². The highest BCUT2D eigenvalue weighted by Gasteiger charge is 2.54. The standard InChI is InChI=1S/C7H15BrSi/c1-7(8)5-6(7)9(2,3)4/h6H,5H2,1-4H3. The van der Waals surface area contributed by atoms with Gasteiger partial charge in [0.1, 0.15) is 0 Å². The molecule has 1 fully saturated rings. The Bertz CT molecular complexity index is 123. The van der Waals surface area contributed by atoms with Gasteiger partial charge in [0.2, 0.25) is 0 Å². The molecule has 2 atom stereocenters. The van der Waals surface area contributed by atoms with Crippen LogP contribution in [0.25, 0.3) is 0 Å². The highest BCUT2D eigenvalue weighted by Crippen LogP contribution is 2.60. The molecule has 0 nitrogen and oxygen atoms in total. The second kappa shape index (κ2) is 1.85. The lowest BCUT2D eigenvalue weighted by Gasteiger charge is -2.16. The Morgan fingerprint density at radius 3 is 1.78 bits per heavy atom. The summed E-state index contributed by atoms with van der Waals surface area (Å²) >= 11 is 3.72. The van der Waals surface area contributed by atoms with Gasteiger partial charge in [0.15, 0.2) is 0 Å². The second-order valence-electron chi connectivity index (χ2n) is 4.40. The Balaban J connectivity index is 2.52. The Kier molecular flexibility index (Phi) is 1.60. The van der Waals surface area contributed by atoms with Crippen molar-refractivity contribution >= 4 is 24.0 Å². The first-order chi connectivity index (χ1) is 3.84. The van der Waals surface area contributed by atoms with Crippen molar-refractivity contribution in [3.63, 3.8) is 0 Å². The number of hydrogen-bond acceptors (Lipinski definition) is 0. The molecule has 1 aliphatic carbocycles. The average molecular weight is 207 g/mol. The van der Waals surface area contributed by atoms with E-state index in [1.807, 2.05) is 0 Å². The van der Waals surface area contributed by atoms with E-state index in [2.05, 4.69) is 42.5 Å². The van der Waals surface area contributed by atoms with Crippen LogP contribution < -0.4 is 0 Å². The summed E-state index contributed by atoms with van der Waals surface area (Å²) in [6.45, 7) is 9.66. The van der Waals surface area contributed by atoms with Gasteiger partial charge in [-0.3, -0.25) is 0 Å². The third-order valence-electron chi connectivity index (χ3n) is 2.22. The summed E-state index contributed by atoms with van der Waals surface area (Å²) in [7, 11) is -0.806. The summed E-state index contributed by atoms with van der Waals surface area (Å²) in [6.07, 6.45) is 1.41. The topological polar surface area (TPSA) is 0 Å². The van der Waals surface area contributed by atoms with E-state index in [4.69, 9.17) is 0 Å². The molecular formula is C7H15BrSi. The van der Waals surface area contributed by atoms with Gasteiger partial charge in [-0.2, -0.15) is 0 Å². The largest absolute Gasteiger partial charge is 0.0856 e. The number of halogens is 1. The third-order valence-corrected chi connectivity index (χ3v) is 6.45. The number of hydrogen-bond donors (Lipinski definition) is 0. The number of rotatable bonds is 1. The van der Waals surface area contributed by atoms with E-state index in [0.29, 0.717) is 4.32 Å². The van der Waals surface area contributed by atoms with Gasteiger partial charge < -0.3 is 0 Å². The van der Waals surface area contributed by atoms with Crippen LogP contribution in [0.1, 0.15) is 13.3 Å².